The number of allylic oxidation sites excluding steroid dienone is 3. The van der Waals surface area contributed by atoms with Gasteiger partial charge in [0.1, 0.15) is 12.2 Å². The third-order valence-corrected chi connectivity index (χ3v) is 5.44. The standard InChI is InChI=1S/C24H36O5/c1-5-15(3)24(27)29-21-11-14(2)10-17-7-6-16(4)20(23(17)21)9-8-19-12-18(25)13-22(26)28-19/h6-7,10,14-16,18-21,23,25H,5,8-9,11-13H2,1-4H3/t14-,15-,16-,18+,19?,20-,21?,23-/m0/s1/i1D3,2D3,5D2,6D,7D,10D,11D2,14D,16D. The molecule has 0 radical (unpaired) electrons. The molecule has 0 spiro atoms. The number of ether oxygens (including phenoxy) is 2. The summed E-state index contributed by atoms with van der Waals surface area (Å²) in [4.78, 5) is 25.2. The van der Waals surface area contributed by atoms with Crippen LogP contribution in [0.4, 0.5) is 0 Å². The second-order valence-corrected chi connectivity index (χ2v) is 7.63. The van der Waals surface area contributed by atoms with E-state index in [1.54, 1.807) is 0 Å². The SMILES string of the molecule is [2H]C1=C([2H])[C@]([2H])(C)[C@H](CCC2C[C@@H](O)CC(=O)O2)[C@@H]2C1=C([2H])[C@]([2H])(C([2H])([2H])[2H])C([2H])([2H])C2OC(=O)[C@@H](C)C([2H])([2H])C([2H])([2H])[2H]. The molecule has 0 amide bonds. The van der Waals surface area contributed by atoms with Crippen LogP contribution in [0.5, 0.6) is 0 Å². The Balaban J connectivity index is 2.24. The predicted molar refractivity (Wildman–Crippen MR) is 111 cm³/mol. The summed E-state index contributed by atoms with van der Waals surface area (Å²) in [7, 11) is 0. The van der Waals surface area contributed by atoms with E-state index in [0.29, 0.717) is 0 Å². The number of carbonyl (C=O) groups excluding carboxylic acids is 2. The maximum absolute atomic E-state index is 13.3. The molecule has 5 nitrogen and oxygen atoms in total. The molecule has 1 saturated heterocycles. The summed E-state index contributed by atoms with van der Waals surface area (Å²) < 4.78 is 135. The van der Waals surface area contributed by atoms with Gasteiger partial charge in [0, 0.05) is 28.8 Å². The molecule has 162 valence electrons. The number of carbonyl (C=O) groups is 2. The number of fused-ring (bicyclic) bond motifs is 1. The number of cyclic esters (lactones) is 1. The first-order valence-electron chi connectivity index (χ1n) is 17.1. The minimum Gasteiger partial charge on any atom is -0.462 e. The Morgan fingerprint density at radius 2 is 2.41 bits per heavy atom. The molecule has 29 heavy (non-hydrogen) atoms. The van der Waals surface area contributed by atoms with Crippen molar-refractivity contribution in [1.29, 1.82) is 0 Å². The molecular weight excluding hydrogens is 368 g/mol. The molecule has 1 heterocycles. The van der Waals surface area contributed by atoms with Crippen LogP contribution in [0.15, 0.2) is 23.7 Å². The molecule has 0 aromatic carbocycles. The Morgan fingerprint density at radius 1 is 1.59 bits per heavy atom. The number of hydrogen-bond donors (Lipinski definition) is 1. The number of rotatable bonds is 6. The lowest BCUT2D eigenvalue weighted by Gasteiger charge is -2.43. The van der Waals surface area contributed by atoms with Crippen molar-refractivity contribution in [2.75, 3.05) is 0 Å². The van der Waals surface area contributed by atoms with Gasteiger partial charge in [-0.2, -0.15) is 0 Å². The van der Waals surface area contributed by atoms with E-state index >= 15 is 0 Å². The molecule has 2 unspecified atom stereocenters. The maximum atomic E-state index is 13.3. The quantitative estimate of drug-likeness (QED) is 0.653. The summed E-state index contributed by atoms with van der Waals surface area (Å²) >= 11 is 0. The zero-order valence-electron chi connectivity index (χ0n) is 31.4. The fraction of sp³-hybridized carbons (Fsp3) is 0.750. The minimum atomic E-state index is -3.60. The molecule has 0 saturated carbocycles. The molecule has 0 aromatic heterocycles. The lowest BCUT2D eigenvalue weighted by Crippen LogP contribution is -2.42. The molecule has 2 aliphatic carbocycles. The van der Waals surface area contributed by atoms with E-state index in [-0.39, 0.29) is 25.7 Å². The van der Waals surface area contributed by atoms with E-state index in [0.717, 1.165) is 6.92 Å². The minimum absolute atomic E-state index is 0.0212. The van der Waals surface area contributed by atoms with E-state index in [2.05, 4.69) is 0 Å². The number of esters is 2. The Bertz CT molecular complexity index is 1240. The van der Waals surface area contributed by atoms with E-state index < -0.39 is 110 Å². The van der Waals surface area contributed by atoms with Gasteiger partial charge in [0.25, 0.3) is 0 Å². The van der Waals surface area contributed by atoms with Crippen molar-refractivity contribution in [3.8, 4) is 0 Å². The zero-order chi connectivity index (χ0) is 34.2. The van der Waals surface area contributed by atoms with Crippen LogP contribution in [0, 0.1) is 29.5 Å². The summed E-state index contributed by atoms with van der Waals surface area (Å²) in [5.74, 6) is -12.9. The summed E-state index contributed by atoms with van der Waals surface area (Å²) in [6.45, 7) is -4.83. The van der Waals surface area contributed by atoms with Gasteiger partial charge in [0.2, 0.25) is 0 Å². The molecule has 1 aliphatic heterocycles. The normalized spacial score (nSPS) is 54.7. The van der Waals surface area contributed by atoms with Crippen molar-refractivity contribution < 1.29 is 44.7 Å². The highest BCUT2D eigenvalue weighted by Crippen LogP contribution is 2.45. The predicted octanol–water partition coefficient (Wildman–Crippen LogP) is 4.20. The smallest absolute Gasteiger partial charge is 0.308 e. The monoisotopic (exact) mass is 419 g/mol. The van der Waals surface area contributed by atoms with Gasteiger partial charge in [-0.1, -0.05) is 45.7 Å². The molecule has 0 bridgehead atoms. The second-order valence-electron chi connectivity index (χ2n) is 7.63. The van der Waals surface area contributed by atoms with Crippen LogP contribution in [0.1, 0.15) is 86.5 Å². The number of hydrogen-bond acceptors (Lipinski definition) is 5. The molecule has 1 N–H and O–H groups in total. The average molecular weight is 420 g/mol. The van der Waals surface area contributed by atoms with Crippen molar-refractivity contribution in [2.24, 2.45) is 29.5 Å². The van der Waals surface area contributed by atoms with Gasteiger partial charge in [-0.3, -0.25) is 9.59 Å². The van der Waals surface area contributed by atoms with Gasteiger partial charge in [-0.15, -0.1) is 0 Å². The van der Waals surface area contributed by atoms with Crippen molar-refractivity contribution in [2.45, 2.75) is 84.3 Å². The van der Waals surface area contributed by atoms with E-state index in [1.165, 1.54) is 6.92 Å². The van der Waals surface area contributed by atoms with Gasteiger partial charge >= 0.3 is 11.9 Å². The first-order chi connectivity index (χ1) is 19.7. The average Bonchev–Trinajstić information content (AvgIpc) is 2.85. The van der Waals surface area contributed by atoms with Crippen molar-refractivity contribution >= 4 is 11.9 Å². The van der Waals surface area contributed by atoms with E-state index in [9.17, 15) is 14.7 Å². The number of aliphatic hydroxyl groups excluding tert-OH is 1. The fourth-order valence-electron chi connectivity index (χ4n) is 3.88. The molecule has 8 atom stereocenters. The molecule has 3 rings (SSSR count). The molecule has 1 fully saturated rings. The zero-order valence-corrected chi connectivity index (χ0v) is 16.4. The van der Waals surface area contributed by atoms with Crippen LogP contribution in [0.2, 0.25) is 0 Å². The second kappa shape index (κ2) is 9.46. The Kier molecular flexibility index (Phi) is 3.16. The Hall–Kier alpha value is -1.62. The first-order valence-corrected chi connectivity index (χ1v) is 9.63. The summed E-state index contributed by atoms with van der Waals surface area (Å²) in [6.07, 6.45) is -11.4. The van der Waals surface area contributed by atoms with Crippen LogP contribution in [-0.4, -0.2) is 35.4 Å². The van der Waals surface area contributed by atoms with Gasteiger partial charge in [0.15, 0.2) is 0 Å². The summed E-state index contributed by atoms with van der Waals surface area (Å²) in [6, 6.07) is -2.70. The molecular formula is C24H36O5. The summed E-state index contributed by atoms with van der Waals surface area (Å²) in [5.41, 5.74) is -0.615. The van der Waals surface area contributed by atoms with Crippen molar-refractivity contribution in [1.82, 2.24) is 0 Å². The van der Waals surface area contributed by atoms with Crippen LogP contribution in [-0.2, 0) is 19.1 Å². The molecule has 3 aliphatic rings. The largest absolute Gasteiger partial charge is 0.462 e. The lowest BCUT2D eigenvalue weighted by molar-refractivity contribution is -0.162. The highest BCUT2D eigenvalue weighted by Gasteiger charge is 2.42. The van der Waals surface area contributed by atoms with Gasteiger partial charge in [0.05, 0.1) is 22.6 Å². The highest BCUT2D eigenvalue weighted by molar-refractivity contribution is 5.72. The van der Waals surface area contributed by atoms with Crippen LogP contribution in [0.25, 0.3) is 0 Å². The van der Waals surface area contributed by atoms with Crippen LogP contribution < -0.4 is 0 Å². The lowest BCUT2D eigenvalue weighted by atomic mass is 9.65. The Labute approximate surface area is 195 Å². The molecule has 0 aromatic rings. The fourth-order valence-corrected chi connectivity index (χ4v) is 3.88. The maximum Gasteiger partial charge on any atom is 0.308 e. The van der Waals surface area contributed by atoms with Gasteiger partial charge < -0.3 is 14.6 Å². The third kappa shape index (κ3) is 5.30. The van der Waals surface area contributed by atoms with E-state index in [4.69, 9.17) is 30.0 Å². The van der Waals surface area contributed by atoms with Crippen molar-refractivity contribution in [3.05, 3.63) is 23.7 Å². The van der Waals surface area contributed by atoms with Crippen LogP contribution >= 0.6 is 0 Å². The third-order valence-electron chi connectivity index (χ3n) is 5.44. The highest BCUT2D eigenvalue weighted by atomic mass is 16.5. The Morgan fingerprint density at radius 3 is 3.14 bits per heavy atom. The topological polar surface area (TPSA) is 72.8 Å². The van der Waals surface area contributed by atoms with E-state index in [1.807, 2.05) is 0 Å². The number of aliphatic hydroxyl groups is 1. The first kappa shape index (κ1) is 9.67. The van der Waals surface area contributed by atoms with Gasteiger partial charge in [-0.25, -0.2) is 0 Å². The molecule has 5 heteroatoms. The summed E-state index contributed by atoms with van der Waals surface area (Å²) in [5, 5.41) is 10.0. The van der Waals surface area contributed by atoms with Crippen LogP contribution in [0.3, 0.4) is 0 Å². The van der Waals surface area contributed by atoms with Crippen molar-refractivity contribution in [3.63, 3.8) is 0 Å². The van der Waals surface area contributed by atoms with Gasteiger partial charge in [-0.05, 0) is 48.9 Å².